The molecule has 2 aliphatic carbocycles. The first-order chi connectivity index (χ1) is 25.0. The van der Waals surface area contributed by atoms with Crippen LogP contribution in [0.15, 0.2) is 107 Å². The Balaban J connectivity index is 1.32. The number of carbonyl (C=O) groups is 4. The number of methoxy groups -OCH3 is 1. The largest absolute Gasteiger partial charge is 0.508 e. The minimum atomic E-state index is -1.59. The molecule has 52 heavy (non-hydrogen) atoms. The van der Waals surface area contributed by atoms with Crippen molar-refractivity contribution in [2.75, 3.05) is 12.5 Å². The van der Waals surface area contributed by atoms with E-state index in [2.05, 4.69) is 21.4 Å². The van der Waals surface area contributed by atoms with Gasteiger partial charge in [-0.25, -0.2) is 0 Å². The van der Waals surface area contributed by atoms with Crippen LogP contribution in [0.2, 0.25) is 10.0 Å². The Labute approximate surface area is 318 Å². The number of benzene rings is 4. The second-order valence-corrected chi connectivity index (χ2v) is 15.4. The maximum absolute atomic E-state index is 15.4. The van der Waals surface area contributed by atoms with E-state index in [4.69, 9.17) is 27.9 Å². The molecule has 4 aliphatic rings. The number of nitrogens with one attached hydrogen (secondary N) is 1. The van der Waals surface area contributed by atoms with Gasteiger partial charge in [0, 0.05) is 21.0 Å². The number of aromatic hydroxyl groups is 1. The van der Waals surface area contributed by atoms with Crippen molar-refractivity contribution in [3.63, 3.8) is 0 Å². The van der Waals surface area contributed by atoms with Crippen LogP contribution in [0.3, 0.4) is 0 Å². The van der Waals surface area contributed by atoms with E-state index >= 15 is 4.79 Å². The third kappa shape index (κ3) is 5.25. The van der Waals surface area contributed by atoms with Crippen LogP contribution >= 0.6 is 39.1 Å². The summed E-state index contributed by atoms with van der Waals surface area (Å²) in [6, 6.07) is 26.1. The number of carbonyl (C=O) groups excluding carboxylic acids is 4. The number of ether oxygens (including phenoxy) is 1. The maximum Gasteiger partial charge on any atom is 0.260 e. The van der Waals surface area contributed by atoms with Gasteiger partial charge in [-0.1, -0.05) is 93.2 Å². The van der Waals surface area contributed by atoms with Gasteiger partial charge in [-0.2, -0.15) is 5.01 Å². The normalized spacial score (nSPS) is 26.5. The SMILES string of the molecule is COc1ccc(C23C(=O)N(Nc4ccc(Cl)cc4Cl)C(=O)C2CC2C(=CCC4C(=O)N(Cc5ccccc5)C(=O)C42)C3c2cc(Br)ccc2O)cc1. The number of hydrogen-bond acceptors (Lipinski definition) is 7. The number of amides is 4. The van der Waals surface area contributed by atoms with Gasteiger partial charge in [0.1, 0.15) is 11.5 Å². The quantitative estimate of drug-likeness (QED) is 0.146. The maximum atomic E-state index is 15.4. The number of anilines is 1. The summed E-state index contributed by atoms with van der Waals surface area (Å²) in [6.07, 6.45) is 2.34. The summed E-state index contributed by atoms with van der Waals surface area (Å²) in [5.74, 6) is -5.01. The topological polar surface area (TPSA) is 116 Å². The number of imide groups is 2. The Morgan fingerprint density at radius 1 is 0.904 bits per heavy atom. The first-order valence-electron chi connectivity index (χ1n) is 16.9. The van der Waals surface area contributed by atoms with E-state index in [0.29, 0.717) is 32.1 Å². The van der Waals surface area contributed by atoms with Crippen LogP contribution in [0, 0.1) is 23.7 Å². The first-order valence-corrected chi connectivity index (χ1v) is 18.4. The van der Waals surface area contributed by atoms with Crippen molar-refractivity contribution in [1.29, 1.82) is 0 Å². The molecular formula is C40H32BrCl2N3O6. The van der Waals surface area contributed by atoms with Gasteiger partial charge < -0.3 is 9.84 Å². The zero-order valence-electron chi connectivity index (χ0n) is 27.8. The molecule has 2 heterocycles. The number of allylic oxidation sites excluding steroid dienone is 2. The molecule has 6 atom stereocenters. The van der Waals surface area contributed by atoms with Crippen molar-refractivity contribution in [2.45, 2.75) is 30.7 Å². The Hall–Kier alpha value is -4.64. The van der Waals surface area contributed by atoms with Crippen molar-refractivity contribution in [1.82, 2.24) is 9.91 Å². The fraction of sp³-hybridized carbons (Fsp3) is 0.250. The molecule has 8 rings (SSSR count). The highest BCUT2D eigenvalue weighted by atomic mass is 79.9. The summed E-state index contributed by atoms with van der Waals surface area (Å²) in [5.41, 5.74) is 4.20. The van der Waals surface area contributed by atoms with Crippen LogP contribution in [0.25, 0.3) is 0 Å². The van der Waals surface area contributed by atoms with E-state index in [1.54, 1.807) is 61.7 Å². The fourth-order valence-electron chi connectivity index (χ4n) is 8.93. The van der Waals surface area contributed by atoms with E-state index in [0.717, 1.165) is 16.1 Å². The van der Waals surface area contributed by atoms with Gasteiger partial charge in [-0.05, 0) is 78.4 Å². The van der Waals surface area contributed by atoms with Crippen molar-refractivity contribution in [2.24, 2.45) is 23.7 Å². The third-order valence-electron chi connectivity index (χ3n) is 11.2. The molecule has 2 saturated heterocycles. The molecule has 4 aromatic rings. The summed E-state index contributed by atoms with van der Waals surface area (Å²) in [6.45, 7) is 0.138. The lowest BCUT2D eigenvalue weighted by Gasteiger charge is -2.50. The average Bonchev–Trinajstić information content (AvgIpc) is 3.51. The van der Waals surface area contributed by atoms with Crippen LogP contribution in [-0.4, -0.2) is 45.8 Å². The van der Waals surface area contributed by atoms with Crippen molar-refractivity contribution in [3.05, 3.63) is 134 Å². The highest BCUT2D eigenvalue weighted by Gasteiger charge is 2.70. The van der Waals surface area contributed by atoms with E-state index in [1.165, 1.54) is 11.0 Å². The lowest BCUT2D eigenvalue weighted by Crippen LogP contribution is -2.53. The molecule has 0 spiro atoms. The van der Waals surface area contributed by atoms with Crippen LogP contribution in [0.5, 0.6) is 11.5 Å². The number of nitrogens with zero attached hydrogens (tertiary/aromatic N) is 2. The molecule has 2 N–H and O–H groups in total. The van der Waals surface area contributed by atoms with Crippen molar-refractivity contribution < 1.29 is 29.0 Å². The highest BCUT2D eigenvalue weighted by molar-refractivity contribution is 9.10. The lowest BCUT2D eigenvalue weighted by atomic mass is 9.49. The third-order valence-corrected chi connectivity index (χ3v) is 12.2. The molecule has 1 saturated carbocycles. The molecule has 264 valence electrons. The Morgan fingerprint density at radius 2 is 1.65 bits per heavy atom. The van der Waals surface area contributed by atoms with Gasteiger partial charge in [0.15, 0.2) is 0 Å². The number of fused-ring (bicyclic) bond motifs is 4. The van der Waals surface area contributed by atoms with Crippen molar-refractivity contribution in [3.8, 4) is 11.5 Å². The van der Waals surface area contributed by atoms with Gasteiger partial charge in [-0.15, -0.1) is 0 Å². The minimum Gasteiger partial charge on any atom is -0.508 e. The average molecular weight is 802 g/mol. The zero-order valence-corrected chi connectivity index (χ0v) is 30.9. The summed E-state index contributed by atoms with van der Waals surface area (Å²) in [4.78, 5) is 59.9. The molecule has 2 aliphatic heterocycles. The predicted octanol–water partition coefficient (Wildman–Crippen LogP) is 7.66. The number of phenols is 1. The van der Waals surface area contributed by atoms with E-state index in [-0.39, 0.29) is 42.0 Å². The molecule has 12 heteroatoms. The molecule has 4 amide bonds. The van der Waals surface area contributed by atoms with Gasteiger partial charge >= 0.3 is 0 Å². The number of hydrogen-bond donors (Lipinski definition) is 2. The molecule has 0 radical (unpaired) electrons. The monoisotopic (exact) mass is 799 g/mol. The minimum absolute atomic E-state index is 0.0737. The number of rotatable bonds is 7. The second kappa shape index (κ2) is 13.1. The van der Waals surface area contributed by atoms with E-state index < -0.39 is 46.8 Å². The van der Waals surface area contributed by atoms with Gasteiger partial charge in [-0.3, -0.25) is 29.5 Å². The van der Waals surface area contributed by atoms with Crippen LogP contribution < -0.4 is 10.2 Å². The standard InChI is InChI=1S/C40H32BrCl2N3O6/c1-52-25-11-7-22(8-12-25)40-30(37(49)46(39(40)51)44-32-15-10-24(42)18-31(32)43)19-28-26(35(40)29-17-23(41)9-16-33(29)47)13-14-27-34(28)38(50)45(36(27)48)20-21-5-3-2-4-6-21/h2-13,15-18,27-28,30,34-35,44,47H,14,19-20H2,1H3. The van der Waals surface area contributed by atoms with Crippen molar-refractivity contribution >= 4 is 68.4 Å². The molecule has 4 aromatic carbocycles. The van der Waals surface area contributed by atoms with Crippen LogP contribution in [0.1, 0.15) is 35.4 Å². The summed E-state index contributed by atoms with van der Waals surface area (Å²) in [5, 5.41) is 13.2. The molecule has 3 fully saturated rings. The molecule has 0 bridgehead atoms. The number of phenolic OH excluding ortho intramolecular Hbond substituents is 1. The van der Waals surface area contributed by atoms with Gasteiger partial charge in [0.25, 0.3) is 11.8 Å². The predicted molar refractivity (Wildman–Crippen MR) is 198 cm³/mol. The van der Waals surface area contributed by atoms with Gasteiger partial charge in [0.2, 0.25) is 11.8 Å². The number of likely N-dealkylation sites (tertiary alicyclic amines) is 1. The van der Waals surface area contributed by atoms with Crippen LogP contribution in [0.4, 0.5) is 5.69 Å². The molecule has 0 aromatic heterocycles. The second-order valence-electron chi connectivity index (χ2n) is 13.7. The number of halogens is 3. The number of hydrazine groups is 1. The zero-order chi connectivity index (χ0) is 36.5. The lowest BCUT2D eigenvalue weighted by molar-refractivity contribution is -0.142. The van der Waals surface area contributed by atoms with Gasteiger partial charge in [0.05, 0.1) is 47.5 Å². The Morgan fingerprint density at radius 3 is 2.37 bits per heavy atom. The first kappa shape index (κ1) is 34.4. The Kier molecular flexibility index (Phi) is 8.67. The Bertz CT molecular complexity index is 2180. The molecule has 6 unspecified atom stereocenters. The van der Waals surface area contributed by atoms with Crippen LogP contribution in [-0.2, 0) is 31.1 Å². The van der Waals surface area contributed by atoms with E-state index in [1.807, 2.05) is 36.4 Å². The smallest absolute Gasteiger partial charge is 0.260 e. The summed E-state index contributed by atoms with van der Waals surface area (Å²) in [7, 11) is 1.54. The van der Waals surface area contributed by atoms with E-state index in [9.17, 15) is 19.5 Å². The summed E-state index contributed by atoms with van der Waals surface area (Å²) >= 11 is 16.3. The highest BCUT2D eigenvalue weighted by Crippen LogP contribution is 2.65. The fourth-order valence-corrected chi connectivity index (χ4v) is 9.76. The molecular weight excluding hydrogens is 769 g/mol. The summed E-state index contributed by atoms with van der Waals surface area (Å²) < 4.78 is 6.11. The molecule has 9 nitrogen and oxygen atoms in total.